The average Bonchev–Trinajstić information content (AvgIpc) is 3.08. The van der Waals surface area contributed by atoms with Crippen molar-refractivity contribution in [2.75, 3.05) is 16.6 Å². The first-order valence-corrected chi connectivity index (χ1v) is 10.7. The highest BCUT2D eigenvalue weighted by atomic mass is 35.5. The normalized spacial score (nSPS) is 29.3. The molecule has 26 heavy (non-hydrogen) atoms. The van der Waals surface area contributed by atoms with Crippen molar-refractivity contribution in [2.24, 2.45) is 0 Å². The fourth-order valence-corrected chi connectivity index (χ4v) is 5.98. The lowest BCUT2D eigenvalue weighted by molar-refractivity contribution is 0.0923. The number of carbonyl (C=O) groups is 1. The molecule has 144 valence electrons. The number of halogens is 1. The molecule has 0 spiro atoms. The van der Waals surface area contributed by atoms with Gasteiger partial charge in [0.1, 0.15) is 0 Å². The van der Waals surface area contributed by atoms with Crippen LogP contribution < -0.4 is 14.9 Å². The first-order valence-electron chi connectivity index (χ1n) is 9.10. The van der Waals surface area contributed by atoms with Gasteiger partial charge in [-0.1, -0.05) is 0 Å². The van der Waals surface area contributed by atoms with Crippen LogP contribution in [0.5, 0.6) is 0 Å². The van der Waals surface area contributed by atoms with Crippen LogP contribution in [0, 0.1) is 6.92 Å². The lowest BCUT2D eigenvalue weighted by atomic mass is 9.99. The number of carbonyl (C=O) groups excluding carboxylic acids is 1. The number of hydrogen-bond acceptors (Lipinski definition) is 4. The number of anilines is 1. The van der Waals surface area contributed by atoms with Crippen molar-refractivity contribution in [2.45, 2.75) is 57.2 Å². The monoisotopic (exact) mass is 399 g/mol. The van der Waals surface area contributed by atoms with Gasteiger partial charge in [0.15, 0.2) is 0 Å². The van der Waals surface area contributed by atoms with Crippen LogP contribution in [-0.2, 0) is 10.0 Å². The van der Waals surface area contributed by atoms with Gasteiger partial charge in [-0.3, -0.25) is 9.10 Å². The Morgan fingerprint density at radius 3 is 2.50 bits per heavy atom. The Balaban J connectivity index is 0.00000196. The van der Waals surface area contributed by atoms with E-state index in [0.717, 1.165) is 18.4 Å². The highest BCUT2D eigenvalue weighted by molar-refractivity contribution is 7.93. The largest absolute Gasteiger partial charge is 0.349 e. The van der Waals surface area contributed by atoms with Crippen LogP contribution in [0.1, 0.15) is 48.0 Å². The second kappa shape index (κ2) is 7.37. The fraction of sp³-hybridized carbons (Fsp3) is 0.611. The molecule has 2 N–H and O–H groups in total. The molecular formula is C18H26ClN3O3S. The van der Waals surface area contributed by atoms with Crippen molar-refractivity contribution in [3.05, 3.63) is 29.3 Å². The number of piperidine rings is 1. The zero-order valence-corrected chi connectivity index (χ0v) is 16.5. The molecule has 1 aromatic carbocycles. The molecule has 3 saturated heterocycles. The Morgan fingerprint density at radius 1 is 1.23 bits per heavy atom. The number of hydrogen-bond donors (Lipinski definition) is 2. The first-order chi connectivity index (χ1) is 11.9. The van der Waals surface area contributed by atoms with Crippen LogP contribution in [0.25, 0.3) is 0 Å². The lowest BCUT2D eigenvalue weighted by Crippen LogP contribution is -2.48. The van der Waals surface area contributed by atoms with Crippen LogP contribution in [0.4, 0.5) is 5.69 Å². The van der Waals surface area contributed by atoms with Crippen LogP contribution in [0.2, 0.25) is 0 Å². The Hall–Kier alpha value is -1.31. The molecule has 6 nitrogen and oxygen atoms in total. The van der Waals surface area contributed by atoms with Crippen molar-refractivity contribution < 1.29 is 13.2 Å². The summed E-state index contributed by atoms with van der Waals surface area (Å²) < 4.78 is 25.6. The molecule has 3 aliphatic rings. The SMILES string of the molecule is Cc1cc(N2CCCS2(=O)=O)ccc1C(=O)NC1CC2CCC(C1)N2.Cl. The number of nitrogens with zero attached hydrogens (tertiary/aromatic N) is 1. The van der Waals surface area contributed by atoms with Crippen molar-refractivity contribution >= 4 is 34.0 Å². The van der Waals surface area contributed by atoms with Crippen molar-refractivity contribution in [1.82, 2.24) is 10.6 Å². The third-order valence-corrected chi connectivity index (χ3v) is 7.52. The molecular weight excluding hydrogens is 374 g/mol. The summed E-state index contributed by atoms with van der Waals surface area (Å²) in [7, 11) is -3.19. The summed E-state index contributed by atoms with van der Waals surface area (Å²) in [6.45, 7) is 2.39. The predicted molar refractivity (Wildman–Crippen MR) is 105 cm³/mol. The summed E-state index contributed by atoms with van der Waals surface area (Å²) in [6.07, 6.45) is 5.04. The van der Waals surface area contributed by atoms with Gasteiger partial charge in [0.05, 0.1) is 11.4 Å². The topological polar surface area (TPSA) is 78.5 Å². The molecule has 3 aliphatic heterocycles. The van der Waals surface area contributed by atoms with Gasteiger partial charge in [0.25, 0.3) is 5.91 Å². The zero-order valence-electron chi connectivity index (χ0n) is 14.9. The minimum atomic E-state index is -3.19. The standard InChI is InChI=1S/C18H25N3O3S.ClH/c1-12-9-16(21-7-2-8-25(21,23)24)5-6-17(12)18(22)20-15-10-13-3-4-14(11-15)19-13;/h5-6,9,13-15,19H,2-4,7-8,10-11H2,1H3,(H,20,22);1H. The van der Waals surface area contributed by atoms with E-state index < -0.39 is 10.0 Å². The van der Waals surface area contributed by atoms with Crippen molar-refractivity contribution in [3.8, 4) is 0 Å². The van der Waals surface area contributed by atoms with Crippen molar-refractivity contribution in [3.63, 3.8) is 0 Å². The van der Waals surface area contributed by atoms with E-state index in [4.69, 9.17) is 0 Å². The molecule has 0 saturated carbocycles. The first kappa shape index (κ1) is 19.5. The van der Waals surface area contributed by atoms with Crippen LogP contribution in [0.3, 0.4) is 0 Å². The number of rotatable bonds is 3. The number of sulfonamides is 1. The van der Waals surface area contributed by atoms with Crippen molar-refractivity contribution in [1.29, 1.82) is 0 Å². The van der Waals surface area contributed by atoms with Gasteiger partial charge in [0.2, 0.25) is 10.0 Å². The Morgan fingerprint density at radius 2 is 1.92 bits per heavy atom. The van der Waals surface area contributed by atoms with Crippen LogP contribution >= 0.6 is 12.4 Å². The number of nitrogens with one attached hydrogen (secondary N) is 2. The molecule has 0 radical (unpaired) electrons. The number of fused-ring (bicyclic) bond motifs is 2. The third kappa shape index (κ3) is 3.70. The summed E-state index contributed by atoms with van der Waals surface area (Å²) >= 11 is 0. The average molecular weight is 400 g/mol. The van der Waals surface area contributed by atoms with E-state index in [9.17, 15) is 13.2 Å². The maximum atomic E-state index is 12.7. The Kier molecular flexibility index (Phi) is 5.51. The maximum absolute atomic E-state index is 12.7. The Bertz CT molecular complexity index is 787. The Labute approximate surface area is 161 Å². The minimum Gasteiger partial charge on any atom is -0.349 e. The van der Waals surface area contributed by atoms with Gasteiger partial charge in [0, 0.05) is 30.2 Å². The molecule has 2 bridgehead atoms. The molecule has 8 heteroatoms. The van der Waals surface area contributed by atoms with E-state index in [1.165, 1.54) is 17.1 Å². The summed E-state index contributed by atoms with van der Waals surface area (Å²) in [4.78, 5) is 12.7. The van der Waals surface area contributed by atoms with E-state index >= 15 is 0 Å². The summed E-state index contributed by atoms with van der Waals surface area (Å²) in [5.74, 6) is 0.145. The smallest absolute Gasteiger partial charge is 0.251 e. The van der Waals surface area contributed by atoms with Crippen LogP contribution in [-0.4, -0.2) is 44.7 Å². The highest BCUT2D eigenvalue weighted by Crippen LogP contribution is 2.28. The number of benzene rings is 1. The number of aryl methyl sites for hydroxylation is 1. The predicted octanol–water partition coefficient (Wildman–Crippen LogP) is 1.97. The second-order valence-electron chi connectivity index (χ2n) is 7.52. The summed E-state index contributed by atoms with van der Waals surface area (Å²) in [6, 6.07) is 6.61. The molecule has 1 aromatic rings. The third-order valence-electron chi connectivity index (χ3n) is 5.65. The number of amides is 1. The lowest BCUT2D eigenvalue weighted by Gasteiger charge is -2.30. The molecule has 2 unspecified atom stereocenters. The zero-order chi connectivity index (χ0) is 17.6. The quantitative estimate of drug-likeness (QED) is 0.814. The van der Waals surface area contributed by atoms with Crippen LogP contribution in [0.15, 0.2) is 18.2 Å². The molecule has 0 aromatic heterocycles. The van der Waals surface area contributed by atoms with E-state index in [1.807, 2.05) is 13.0 Å². The summed E-state index contributed by atoms with van der Waals surface area (Å²) in [5, 5.41) is 6.75. The van der Waals surface area contributed by atoms with E-state index in [-0.39, 0.29) is 30.1 Å². The summed E-state index contributed by atoms with van der Waals surface area (Å²) in [5.41, 5.74) is 2.10. The van der Waals surface area contributed by atoms with Gasteiger partial charge in [-0.05, 0) is 62.8 Å². The molecule has 1 amide bonds. The molecule has 3 heterocycles. The fourth-order valence-electron chi connectivity index (χ4n) is 4.43. The minimum absolute atomic E-state index is 0. The van der Waals surface area contributed by atoms with Gasteiger partial charge in [-0.25, -0.2) is 8.42 Å². The van der Waals surface area contributed by atoms with Gasteiger partial charge < -0.3 is 10.6 Å². The van der Waals surface area contributed by atoms with E-state index in [2.05, 4.69) is 10.6 Å². The molecule has 3 fully saturated rings. The van der Waals surface area contributed by atoms with Gasteiger partial charge in [-0.15, -0.1) is 12.4 Å². The second-order valence-corrected chi connectivity index (χ2v) is 9.53. The maximum Gasteiger partial charge on any atom is 0.251 e. The molecule has 0 aliphatic carbocycles. The molecule has 4 rings (SSSR count). The van der Waals surface area contributed by atoms with E-state index in [1.54, 1.807) is 12.1 Å². The van der Waals surface area contributed by atoms with E-state index in [0.29, 0.717) is 36.3 Å². The van der Waals surface area contributed by atoms with Gasteiger partial charge in [-0.2, -0.15) is 0 Å². The van der Waals surface area contributed by atoms with Gasteiger partial charge >= 0.3 is 0 Å². The highest BCUT2D eigenvalue weighted by Gasteiger charge is 2.34. The molecule has 2 atom stereocenters.